The van der Waals surface area contributed by atoms with Gasteiger partial charge in [-0.2, -0.15) is 0 Å². The summed E-state index contributed by atoms with van der Waals surface area (Å²) < 4.78 is 4.92. The predicted molar refractivity (Wildman–Crippen MR) is 98.5 cm³/mol. The van der Waals surface area contributed by atoms with Crippen LogP contribution in [0.1, 0.15) is 21.6 Å². The third-order valence-electron chi connectivity index (χ3n) is 3.35. The summed E-state index contributed by atoms with van der Waals surface area (Å²) in [5, 5.41) is 2.26. The van der Waals surface area contributed by atoms with Gasteiger partial charge in [0.25, 0.3) is 5.91 Å². The van der Waals surface area contributed by atoms with Gasteiger partial charge in [0.1, 0.15) is 5.02 Å². The van der Waals surface area contributed by atoms with E-state index in [-0.39, 0.29) is 26.6 Å². The van der Waals surface area contributed by atoms with E-state index in [2.05, 4.69) is 10.3 Å². The van der Waals surface area contributed by atoms with Crippen molar-refractivity contribution in [1.29, 1.82) is 0 Å². The molecule has 1 amide bonds. The quantitative estimate of drug-likeness (QED) is 0.594. The number of amides is 1. The van der Waals surface area contributed by atoms with Crippen LogP contribution in [0.4, 0.5) is 11.4 Å². The van der Waals surface area contributed by atoms with Crippen molar-refractivity contribution in [2.45, 2.75) is 13.8 Å². The summed E-state index contributed by atoms with van der Waals surface area (Å²) in [5.41, 5.74) is 7.68. The summed E-state index contributed by atoms with van der Waals surface area (Å²) in [4.78, 5) is 27.8. The SMILES string of the molecule is Cc1cccc(C)c1NC(=O)COC(=O)c1nc(Cl)c(Cl)c(N)c1Cl. The van der Waals surface area contributed by atoms with Crippen LogP contribution in [0.5, 0.6) is 0 Å². The number of nitrogen functional groups attached to an aromatic ring is 1. The Balaban J connectivity index is 2.07. The zero-order valence-electron chi connectivity index (χ0n) is 13.3. The van der Waals surface area contributed by atoms with Gasteiger partial charge >= 0.3 is 5.97 Å². The number of aryl methyl sites for hydroxylation is 2. The number of hydrogen-bond donors (Lipinski definition) is 2. The van der Waals surface area contributed by atoms with E-state index in [0.717, 1.165) is 11.1 Å². The molecule has 0 radical (unpaired) electrons. The Morgan fingerprint density at radius 1 is 1.16 bits per heavy atom. The summed E-state index contributed by atoms with van der Waals surface area (Å²) in [7, 11) is 0. The summed E-state index contributed by atoms with van der Waals surface area (Å²) in [6.07, 6.45) is 0. The molecule has 1 heterocycles. The number of halogens is 3. The molecule has 0 unspecified atom stereocenters. The predicted octanol–water partition coefficient (Wildman–Crippen LogP) is 4.04. The van der Waals surface area contributed by atoms with Crippen LogP contribution in [0, 0.1) is 13.8 Å². The van der Waals surface area contributed by atoms with Gasteiger partial charge in [0.15, 0.2) is 17.5 Å². The number of pyridine rings is 1. The zero-order valence-corrected chi connectivity index (χ0v) is 15.6. The Morgan fingerprint density at radius 3 is 2.36 bits per heavy atom. The normalized spacial score (nSPS) is 10.4. The van der Waals surface area contributed by atoms with Gasteiger partial charge in [0.2, 0.25) is 0 Å². The number of rotatable bonds is 4. The van der Waals surface area contributed by atoms with Crippen LogP contribution in [0.3, 0.4) is 0 Å². The molecule has 0 bridgehead atoms. The Hall–Kier alpha value is -2.02. The van der Waals surface area contributed by atoms with Crippen molar-refractivity contribution in [2.24, 2.45) is 0 Å². The number of aromatic nitrogens is 1. The number of carbonyl (C=O) groups excluding carboxylic acids is 2. The number of carbonyl (C=O) groups is 2. The van der Waals surface area contributed by atoms with E-state index >= 15 is 0 Å². The van der Waals surface area contributed by atoms with E-state index in [9.17, 15) is 9.59 Å². The molecule has 2 rings (SSSR count). The Bertz CT molecular complexity index is 836. The highest BCUT2D eigenvalue weighted by atomic mass is 35.5. The number of benzene rings is 1. The number of ether oxygens (including phenoxy) is 1. The number of nitrogens with two attached hydrogens (primary N) is 1. The summed E-state index contributed by atoms with van der Waals surface area (Å²) >= 11 is 17.5. The minimum absolute atomic E-state index is 0.0593. The molecule has 3 N–H and O–H groups in total. The fourth-order valence-electron chi connectivity index (χ4n) is 2.05. The minimum Gasteiger partial charge on any atom is -0.451 e. The van der Waals surface area contributed by atoms with Crippen molar-refractivity contribution in [3.05, 3.63) is 50.2 Å². The molecule has 0 aliphatic rings. The number of hydrogen-bond acceptors (Lipinski definition) is 5. The minimum atomic E-state index is -0.938. The maximum atomic E-state index is 12.1. The van der Waals surface area contributed by atoms with Gasteiger partial charge in [-0.25, -0.2) is 9.78 Å². The summed E-state index contributed by atoms with van der Waals surface area (Å²) in [5.74, 6) is -1.44. The fraction of sp³-hybridized carbons (Fsp3) is 0.188. The van der Waals surface area contributed by atoms with Gasteiger partial charge in [-0.3, -0.25) is 4.79 Å². The van der Waals surface area contributed by atoms with Crippen LogP contribution in [-0.2, 0) is 9.53 Å². The van der Waals surface area contributed by atoms with Gasteiger partial charge in [0.05, 0.1) is 10.7 Å². The largest absolute Gasteiger partial charge is 0.451 e. The Morgan fingerprint density at radius 2 is 1.76 bits per heavy atom. The van der Waals surface area contributed by atoms with E-state index < -0.39 is 18.5 Å². The van der Waals surface area contributed by atoms with Crippen LogP contribution in [-0.4, -0.2) is 23.5 Å². The van der Waals surface area contributed by atoms with E-state index in [0.29, 0.717) is 5.69 Å². The molecule has 1 aromatic carbocycles. The lowest BCUT2D eigenvalue weighted by Crippen LogP contribution is -2.22. The summed E-state index contributed by atoms with van der Waals surface area (Å²) in [6.45, 7) is 3.19. The van der Waals surface area contributed by atoms with E-state index in [1.165, 1.54) is 0 Å². The van der Waals surface area contributed by atoms with Gasteiger partial charge < -0.3 is 15.8 Å². The second kappa shape index (κ2) is 7.91. The van der Waals surface area contributed by atoms with Crippen LogP contribution in [0.15, 0.2) is 18.2 Å². The highest BCUT2D eigenvalue weighted by Gasteiger charge is 2.21. The van der Waals surface area contributed by atoms with Crippen LogP contribution >= 0.6 is 34.8 Å². The Kier molecular flexibility index (Phi) is 6.11. The molecular formula is C16H14Cl3N3O3. The lowest BCUT2D eigenvalue weighted by molar-refractivity contribution is -0.119. The average Bonchev–Trinajstić information content (AvgIpc) is 2.57. The van der Waals surface area contributed by atoms with Crippen LogP contribution in [0.25, 0.3) is 0 Å². The fourth-order valence-corrected chi connectivity index (χ4v) is 2.64. The van der Waals surface area contributed by atoms with Gasteiger partial charge in [0, 0.05) is 5.69 Å². The second-order valence-corrected chi connectivity index (χ2v) is 6.30. The monoisotopic (exact) mass is 401 g/mol. The first-order valence-electron chi connectivity index (χ1n) is 7.05. The first kappa shape index (κ1) is 19.3. The van der Waals surface area contributed by atoms with Gasteiger partial charge in [-0.05, 0) is 25.0 Å². The maximum absolute atomic E-state index is 12.1. The third kappa shape index (κ3) is 4.34. The van der Waals surface area contributed by atoms with Gasteiger partial charge in [-0.1, -0.05) is 53.0 Å². The molecule has 0 fully saturated rings. The highest BCUT2D eigenvalue weighted by Crippen LogP contribution is 2.34. The molecule has 0 aliphatic carbocycles. The van der Waals surface area contributed by atoms with E-state index in [1.807, 2.05) is 32.0 Å². The zero-order chi connectivity index (χ0) is 18.7. The average molecular weight is 403 g/mol. The molecule has 0 saturated carbocycles. The maximum Gasteiger partial charge on any atom is 0.359 e. The van der Waals surface area contributed by atoms with E-state index in [1.54, 1.807) is 0 Å². The molecule has 0 atom stereocenters. The van der Waals surface area contributed by atoms with Crippen molar-refractivity contribution >= 4 is 58.1 Å². The molecule has 2 aromatic rings. The molecule has 9 heteroatoms. The number of anilines is 2. The second-order valence-electron chi connectivity index (χ2n) is 5.18. The van der Waals surface area contributed by atoms with Crippen molar-refractivity contribution in [1.82, 2.24) is 4.98 Å². The smallest absolute Gasteiger partial charge is 0.359 e. The number of nitrogens with one attached hydrogen (secondary N) is 1. The Labute approximate surface area is 159 Å². The van der Waals surface area contributed by atoms with E-state index in [4.69, 9.17) is 45.3 Å². The molecule has 6 nitrogen and oxygen atoms in total. The highest BCUT2D eigenvalue weighted by molar-refractivity contribution is 6.46. The molecule has 0 saturated heterocycles. The topological polar surface area (TPSA) is 94.3 Å². The lowest BCUT2D eigenvalue weighted by atomic mass is 10.1. The van der Waals surface area contributed by atoms with Crippen LogP contribution in [0.2, 0.25) is 15.2 Å². The molecule has 25 heavy (non-hydrogen) atoms. The molecule has 0 spiro atoms. The van der Waals surface area contributed by atoms with Crippen LogP contribution < -0.4 is 11.1 Å². The first-order chi connectivity index (χ1) is 11.7. The number of esters is 1. The number of para-hydroxylation sites is 1. The van der Waals surface area contributed by atoms with Crippen molar-refractivity contribution < 1.29 is 14.3 Å². The molecule has 1 aromatic heterocycles. The molecule has 132 valence electrons. The molecular weight excluding hydrogens is 389 g/mol. The first-order valence-corrected chi connectivity index (χ1v) is 8.19. The van der Waals surface area contributed by atoms with Gasteiger partial charge in [-0.15, -0.1) is 0 Å². The van der Waals surface area contributed by atoms with Crippen molar-refractivity contribution in [3.63, 3.8) is 0 Å². The third-order valence-corrected chi connectivity index (χ3v) is 4.48. The van der Waals surface area contributed by atoms with Crippen molar-refractivity contribution in [3.8, 4) is 0 Å². The summed E-state index contributed by atoms with van der Waals surface area (Å²) in [6, 6.07) is 5.59. The lowest BCUT2D eigenvalue weighted by Gasteiger charge is -2.12. The number of nitrogens with zero attached hydrogens (tertiary/aromatic N) is 1. The molecule has 0 aliphatic heterocycles. The van der Waals surface area contributed by atoms with Crippen molar-refractivity contribution in [2.75, 3.05) is 17.7 Å². The standard InChI is InChI=1S/C16H14Cl3N3O3/c1-7-4-3-5-8(2)13(7)21-9(23)6-25-16(24)14-10(17)12(20)11(18)15(19)22-14/h3-5H,6H2,1-2H3,(H2,20,22)(H,21,23).